The number of para-hydroxylation sites is 2. The van der Waals surface area contributed by atoms with E-state index in [0.717, 1.165) is 33.9 Å². The quantitative estimate of drug-likeness (QED) is 0.328. The Morgan fingerprint density at radius 2 is 1.29 bits per heavy atom. The molecule has 5 rings (SSSR count). The van der Waals surface area contributed by atoms with Gasteiger partial charge in [-0.2, -0.15) is 0 Å². The van der Waals surface area contributed by atoms with Gasteiger partial charge in [-0.1, -0.05) is 91.0 Å². The van der Waals surface area contributed by atoms with Gasteiger partial charge in [0.2, 0.25) is 0 Å². The third-order valence-corrected chi connectivity index (χ3v) is 5.66. The first-order valence-electron chi connectivity index (χ1n) is 10.5. The summed E-state index contributed by atoms with van der Waals surface area (Å²) < 4.78 is 6.50. The van der Waals surface area contributed by atoms with Gasteiger partial charge in [0, 0.05) is 28.8 Å². The number of hydrogen-bond donors (Lipinski definition) is 0. The van der Waals surface area contributed by atoms with Crippen LogP contribution in [-0.4, -0.2) is 6.21 Å². The average molecular weight is 402 g/mol. The maximum absolute atomic E-state index is 6.50. The molecule has 2 heteroatoms. The van der Waals surface area contributed by atoms with Crippen LogP contribution in [0.3, 0.4) is 0 Å². The Kier molecular flexibility index (Phi) is 5.20. The molecular formula is C29H23NO. The molecule has 0 aromatic heterocycles. The summed E-state index contributed by atoms with van der Waals surface area (Å²) in [6.07, 6.45) is 1.98. The zero-order chi connectivity index (χ0) is 21.0. The fourth-order valence-corrected chi connectivity index (χ4v) is 4.13. The Morgan fingerprint density at radius 1 is 0.677 bits per heavy atom. The van der Waals surface area contributed by atoms with E-state index in [2.05, 4.69) is 61.5 Å². The van der Waals surface area contributed by atoms with Crippen LogP contribution in [-0.2, 0) is 0 Å². The number of nitrogens with zero attached hydrogens (tertiary/aromatic N) is 1. The highest BCUT2D eigenvalue weighted by Crippen LogP contribution is 2.45. The maximum atomic E-state index is 6.50. The molecule has 0 N–H and O–H groups in total. The SMILES string of the molecule is Cc1ccccc1[C@H]1C(C=Nc2ccccc2)=C(c2ccccc2)Oc2ccccc21. The highest BCUT2D eigenvalue weighted by molar-refractivity contribution is 5.95. The van der Waals surface area contributed by atoms with Crippen LogP contribution in [0.25, 0.3) is 5.76 Å². The lowest BCUT2D eigenvalue weighted by molar-refractivity contribution is 0.489. The van der Waals surface area contributed by atoms with Crippen molar-refractivity contribution in [3.8, 4) is 5.75 Å². The highest BCUT2D eigenvalue weighted by Gasteiger charge is 2.31. The second-order valence-corrected chi connectivity index (χ2v) is 7.67. The van der Waals surface area contributed by atoms with Gasteiger partial charge < -0.3 is 4.74 Å². The largest absolute Gasteiger partial charge is 0.456 e. The summed E-state index contributed by atoms with van der Waals surface area (Å²) >= 11 is 0. The number of fused-ring (bicyclic) bond motifs is 1. The molecule has 150 valence electrons. The summed E-state index contributed by atoms with van der Waals surface area (Å²) in [5.74, 6) is 1.78. The summed E-state index contributed by atoms with van der Waals surface area (Å²) in [6, 6.07) is 37.2. The number of ether oxygens (including phenoxy) is 1. The zero-order valence-electron chi connectivity index (χ0n) is 17.4. The van der Waals surface area contributed by atoms with Gasteiger partial charge in [-0.25, -0.2) is 0 Å². The molecule has 0 unspecified atom stereocenters. The van der Waals surface area contributed by atoms with Crippen LogP contribution < -0.4 is 4.74 Å². The van der Waals surface area contributed by atoms with E-state index in [-0.39, 0.29) is 5.92 Å². The number of aliphatic imine (C=N–C) groups is 1. The summed E-state index contributed by atoms with van der Waals surface area (Å²) in [6.45, 7) is 2.17. The van der Waals surface area contributed by atoms with E-state index in [1.807, 2.05) is 60.8 Å². The molecule has 0 bridgehead atoms. The minimum atomic E-state index is 0.0359. The monoisotopic (exact) mass is 401 g/mol. The minimum absolute atomic E-state index is 0.0359. The molecule has 0 radical (unpaired) electrons. The first-order valence-corrected chi connectivity index (χ1v) is 10.5. The molecule has 2 nitrogen and oxygen atoms in total. The van der Waals surface area contributed by atoms with Gasteiger partial charge in [-0.05, 0) is 36.2 Å². The van der Waals surface area contributed by atoms with Crippen molar-refractivity contribution in [3.63, 3.8) is 0 Å². The van der Waals surface area contributed by atoms with Crippen molar-refractivity contribution in [2.45, 2.75) is 12.8 Å². The highest BCUT2D eigenvalue weighted by atomic mass is 16.5. The first kappa shape index (κ1) is 19.1. The molecule has 0 saturated carbocycles. The molecule has 4 aromatic rings. The van der Waals surface area contributed by atoms with E-state index < -0.39 is 0 Å². The Balaban J connectivity index is 1.76. The Bertz CT molecular complexity index is 1260. The summed E-state index contributed by atoms with van der Waals surface area (Å²) in [5, 5.41) is 0. The molecular weight excluding hydrogens is 378 g/mol. The average Bonchev–Trinajstić information content (AvgIpc) is 2.83. The molecule has 1 aliphatic rings. The predicted molar refractivity (Wildman–Crippen MR) is 128 cm³/mol. The van der Waals surface area contributed by atoms with E-state index in [4.69, 9.17) is 9.73 Å². The van der Waals surface area contributed by atoms with Crippen molar-refractivity contribution in [3.05, 3.63) is 137 Å². The molecule has 4 aromatic carbocycles. The van der Waals surface area contributed by atoms with Gasteiger partial charge in [0.15, 0.2) is 0 Å². The second kappa shape index (κ2) is 8.45. The van der Waals surface area contributed by atoms with E-state index in [0.29, 0.717) is 0 Å². The van der Waals surface area contributed by atoms with Gasteiger partial charge in [0.1, 0.15) is 11.5 Å². The molecule has 1 heterocycles. The van der Waals surface area contributed by atoms with Crippen molar-refractivity contribution < 1.29 is 4.74 Å². The predicted octanol–water partition coefficient (Wildman–Crippen LogP) is 7.33. The molecule has 0 spiro atoms. The Labute approximate surface area is 183 Å². The molecule has 0 aliphatic carbocycles. The van der Waals surface area contributed by atoms with Crippen LogP contribution in [0.5, 0.6) is 5.75 Å². The topological polar surface area (TPSA) is 21.6 Å². The van der Waals surface area contributed by atoms with Crippen molar-refractivity contribution in [1.82, 2.24) is 0 Å². The van der Waals surface area contributed by atoms with Crippen LogP contribution in [0.1, 0.15) is 28.2 Å². The third kappa shape index (κ3) is 3.80. The maximum Gasteiger partial charge on any atom is 0.140 e. The smallest absolute Gasteiger partial charge is 0.140 e. The molecule has 31 heavy (non-hydrogen) atoms. The molecule has 0 saturated heterocycles. The van der Waals surface area contributed by atoms with E-state index in [1.54, 1.807) is 0 Å². The summed E-state index contributed by atoms with van der Waals surface area (Å²) in [4.78, 5) is 4.82. The number of benzene rings is 4. The Morgan fingerprint density at radius 3 is 2.03 bits per heavy atom. The van der Waals surface area contributed by atoms with E-state index >= 15 is 0 Å². The van der Waals surface area contributed by atoms with Crippen LogP contribution in [0, 0.1) is 6.92 Å². The summed E-state index contributed by atoms with van der Waals surface area (Å²) in [7, 11) is 0. The molecule has 0 fully saturated rings. The standard InChI is InChI=1S/C29H23NO/c1-21-12-8-9-17-24(21)28-25-18-10-11-19-27(25)31-29(22-13-4-2-5-14-22)26(28)20-30-23-15-6-3-7-16-23/h2-20,28H,1H3/t28-/m1/s1. The molecule has 1 atom stereocenters. The van der Waals surface area contributed by atoms with Crippen molar-refractivity contribution in [2.75, 3.05) is 0 Å². The van der Waals surface area contributed by atoms with Crippen molar-refractivity contribution in [2.24, 2.45) is 4.99 Å². The van der Waals surface area contributed by atoms with Gasteiger partial charge in [-0.3, -0.25) is 4.99 Å². The van der Waals surface area contributed by atoms with E-state index in [9.17, 15) is 0 Å². The van der Waals surface area contributed by atoms with Gasteiger partial charge in [-0.15, -0.1) is 0 Å². The third-order valence-electron chi connectivity index (χ3n) is 5.66. The van der Waals surface area contributed by atoms with Crippen LogP contribution >= 0.6 is 0 Å². The van der Waals surface area contributed by atoms with Crippen LogP contribution in [0.4, 0.5) is 5.69 Å². The normalized spacial score (nSPS) is 15.6. The fraction of sp³-hybridized carbons (Fsp3) is 0.0690. The van der Waals surface area contributed by atoms with Crippen molar-refractivity contribution >= 4 is 17.7 Å². The van der Waals surface area contributed by atoms with Crippen LogP contribution in [0.2, 0.25) is 0 Å². The lowest BCUT2D eigenvalue weighted by Crippen LogP contribution is -2.18. The van der Waals surface area contributed by atoms with Crippen molar-refractivity contribution in [1.29, 1.82) is 0 Å². The van der Waals surface area contributed by atoms with Gasteiger partial charge >= 0.3 is 0 Å². The number of aryl methyl sites for hydroxylation is 1. The molecule has 1 aliphatic heterocycles. The number of hydrogen-bond acceptors (Lipinski definition) is 2. The number of rotatable bonds is 4. The van der Waals surface area contributed by atoms with Gasteiger partial charge in [0.25, 0.3) is 0 Å². The Hall–Kier alpha value is -3.91. The fourth-order valence-electron chi connectivity index (χ4n) is 4.13. The van der Waals surface area contributed by atoms with E-state index in [1.165, 1.54) is 11.1 Å². The minimum Gasteiger partial charge on any atom is -0.456 e. The molecule has 0 amide bonds. The summed E-state index contributed by atoms with van der Waals surface area (Å²) in [5.41, 5.74) is 6.70. The van der Waals surface area contributed by atoms with Crippen LogP contribution in [0.15, 0.2) is 120 Å². The van der Waals surface area contributed by atoms with Gasteiger partial charge in [0.05, 0.1) is 5.69 Å². The lowest BCUT2D eigenvalue weighted by atomic mass is 9.80. The second-order valence-electron chi connectivity index (χ2n) is 7.67. The first-order chi connectivity index (χ1) is 15.3. The zero-order valence-corrected chi connectivity index (χ0v) is 17.4. The lowest BCUT2D eigenvalue weighted by Gasteiger charge is -2.30. The number of allylic oxidation sites excluding steroid dienone is 1.